The molecule has 0 aromatic heterocycles. The molecule has 4 nitrogen and oxygen atoms in total. The quantitative estimate of drug-likeness (QED) is 0.254. The lowest BCUT2D eigenvalue weighted by Crippen LogP contribution is -2.31. The van der Waals surface area contributed by atoms with Gasteiger partial charge in [0.15, 0.2) is 0 Å². The van der Waals surface area contributed by atoms with Crippen molar-refractivity contribution in [3.63, 3.8) is 0 Å². The van der Waals surface area contributed by atoms with E-state index in [1.54, 1.807) is 0 Å². The van der Waals surface area contributed by atoms with Crippen LogP contribution >= 0.6 is 0 Å². The van der Waals surface area contributed by atoms with Crippen molar-refractivity contribution in [3.05, 3.63) is 0 Å². The number of aliphatic hydroxyl groups is 2. The molecule has 0 rings (SSSR count). The Morgan fingerprint density at radius 3 is 1.62 bits per heavy atom. The fraction of sp³-hybridized carbons (Fsp3) is 0.955. The summed E-state index contributed by atoms with van der Waals surface area (Å²) in [6.45, 7) is 4.35. The predicted molar refractivity (Wildman–Crippen MR) is 108 cm³/mol. The first-order chi connectivity index (χ1) is 12.5. The van der Waals surface area contributed by atoms with E-state index in [1.165, 1.54) is 44.9 Å². The minimum absolute atomic E-state index is 0.182. The molecule has 3 N–H and O–H groups in total. The van der Waals surface area contributed by atoms with Crippen LogP contribution in [0, 0.1) is 5.92 Å². The number of rotatable bonds is 19. The number of aliphatic carboxylic acids is 1. The summed E-state index contributed by atoms with van der Waals surface area (Å²) in [5, 5.41) is 29.6. The number of hydrogen-bond acceptors (Lipinski definition) is 3. The molecule has 0 aromatic rings. The SMILES string of the molecule is CCCCCCCCCCC[C@H](O)C[C@@H](O)[C@H](CCCCCC)C(=O)O. The normalized spacial score (nSPS) is 14.9. The van der Waals surface area contributed by atoms with Gasteiger partial charge in [-0.25, -0.2) is 0 Å². The molecule has 0 radical (unpaired) electrons. The molecule has 0 aliphatic heterocycles. The Bertz CT molecular complexity index is 319. The Hall–Kier alpha value is -0.610. The average Bonchev–Trinajstić information content (AvgIpc) is 2.59. The Labute approximate surface area is 161 Å². The molecule has 0 bridgehead atoms. The molecule has 0 aliphatic carbocycles. The van der Waals surface area contributed by atoms with Crippen molar-refractivity contribution in [1.29, 1.82) is 0 Å². The molecule has 0 fully saturated rings. The number of hydrogen-bond donors (Lipinski definition) is 3. The molecule has 156 valence electrons. The summed E-state index contributed by atoms with van der Waals surface area (Å²) in [4.78, 5) is 11.4. The Morgan fingerprint density at radius 1 is 0.692 bits per heavy atom. The summed E-state index contributed by atoms with van der Waals surface area (Å²) in [5.74, 6) is -1.69. The Kier molecular flexibility index (Phi) is 17.4. The zero-order chi connectivity index (χ0) is 19.6. The van der Waals surface area contributed by atoms with Gasteiger partial charge in [-0.15, -0.1) is 0 Å². The fourth-order valence-corrected chi connectivity index (χ4v) is 3.52. The third-order valence-electron chi connectivity index (χ3n) is 5.30. The molecule has 4 heteroatoms. The second kappa shape index (κ2) is 17.8. The van der Waals surface area contributed by atoms with Crippen LogP contribution in [0.3, 0.4) is 0 Å². The maximum Gasteiger partial charge on any atom is 0.309 e. The van der Waals surface area contributed by atoms with Crippen LogP contribution in [0.1, 0.15) is 117 Å². The second-order valence-electron chi connectivity index (χ2n) is 7.87. The van der Waals surface area contributed by atoms with Crippen molar-refractivity contribution in [1.82, 2.24) is 0 Å². The fourth-order valence-electron chi connectivity index (χ4n) is 3.52. The van der Waals surface area contributed by atoms with E-state index in [0.717, 1.165) is 38.5 Å². The van der Waals surface area contributed by atoms with E-state index >= 15 is 0 Å². The van der Waals surface area contributed by atoms with Gasteiger partial charge in [-0.3, -0.25) is 4.79 Å². The van der Waals surface area contributed by atoms with E-state index in [2.05, 4.69) is 13.8 Å². The van der Waals surface area contributed by atoms with Gasteiger partial charge in [-0.05, 0) is 12.8 Å². The highest BCUT2D eigenvalue weighted by atomic mass is 16.4. The van der Waals surface area contributed by atoms with Crippen LogP contribution in [0.4, 0.5) is 0 Å². The van der Waals surface area contributed by atoms with Crippen molar-refractivity contribution in [2.75, 3.05) is 0 Å². The van der Waals surface area contributed by atoms with Gasteiger partial charge < -0.3 is 15.3 Å². The molecule has 0 heterocycles. The molecule has 0 spiro atoms. The molecule has 0 saturated heterocycles. The topological polar surface area (TPSA) is 77.8 Å². The highest BCUT2D eigenvalue weighted by molar-refractivity contribution is 5.70. The zero-order valence-electron chi connectivity index (χ0n) is 17.3. The van der Waals surface area contributed by atoms with Gasteiger partial charge in [0.1, 0.15) is 0 Å². The van der Waals surface area contributed by atoms with Crippen LogP contribution in [0.2, 0.25) is 0 Å². The van der Waals surface area contributed by atoms with Crippen LogP contribution in [0.25, 0.3) is 0 Å². The Morgan fingerprint density at radius 2 is 1.12 bits per heavy atom. The summed E-state index contributed by atoms with van der Waals surface area (Å²) in [5.41, 5.74) is 0. The first kappa shape index (κ1) is 25.4. The summed E-state index contributed by atoms with van der Waals surface area (Å²) >= 11 is 0. The standard InChI is InChI=1S/C22H44O4/c1-3-5-7-9-10-11-12-13-14-16-19(23)18-21(24)20(22(25)26)17-15-8-6-4-2/h19-21,23-24H,3-18H2,1-2H3,(H,25,26)/t19-,20-,21+/m0/s1. The van der Waals surface area contributed by atoms with Crippen molar-refractivity contribution in [3.8, 4) is 0 Å². The van der Waals surface area contributed by atoms with E-state index in [4.69, 9.17) is 0 Å². The summed E-state index contributed by atoms with van der Waals surface area (Å²) < 4.78 is 0. The number of carboxylic acids is 1. The Balaban J connectivity index is 3.80. The van der Waals surface area contributed by atoms with Gasteiger partial charge in [0.25, 0.3) is 0 Å². The van der Waals surface area contributed by atoms with Crippen LogP contribution in [0.5, 0.6) is 0 Å². The van der Waals surface area contributed by atoms with Crippen LogP contribution in [-0.4, -0.2) is 33.5 Å². The molecule has 3 atom stereocenters. The first-order valence-corrected chi connectivity index (χ1v) is 11.1. The minimum Gasteiger partial charge on any atom is -0.481 e. The zero-order valence-corrected chi connectivity index (χ0v) is 17.3. The van der Waals surface area contributed by atoms with Crippen molar-refractivity contribution in [2.45, 2.75) is 129 Å². The number of unbranched alkanes of at least 4 members (excludes halogenated alkanes) is 11. The molecule has 0 aromatic carbocycles. The van der Waals surface area contributed by atoms with Gasteiger partial charge >= 0.3 is 5.97 Å². The third-order valence-corrected chi connectivity index (χ3v) is 5.30. The molecular weight excluding hydrogens is 328 g/mol. The maximum absolute atomic E-state index is 11.4. The van der Waals surface area contributed by atoms with Gasteiger partial charge in [-0.1, -0.05) is 97.3 Å². The summed E-state index contributed by atoms with van der Waals surface area (Å²) in [7, 11) is 0. The highest BCUT2D eigenvalue weighted by Gasteiger charge is 2.27. The molecule has 0 amide bonds. The first-order valence-electron chi connectivity index (χ1n) is 11.1. The maximum atomic E-state index is 11.4. The predicted octanol–water partition coefficient (Wildman–Crippen LogP) is 5.69. The van der Waals surface area contributed by atoms with Gasteiger partial charge in [0.2, 0.25) is 0 Å². The summed E-state index contributed by atoms with van der Waals surface area (Å²) in [6, 6.07) is 0. The lowest BCUT2D eigenvalue weighted by Gasteiger charge is -2.21. The largest absolute Gasteiger partial charge is 0.481 e. The highest BCUT2D eigenvalue weighted by Crippen LogP contribution is 2.20. The monoisotopic (exact) mass is 372 g/mol. The van der Waals surface area contributed by atoms with Crippen LogP contribution < -0.4 is 0 Å². The third kappa shape index (κ3) is 14.5. The van der Waals surface area contributed by atoms with Crippen LogP contribution in [0.15, 0.2) is 0 Å². The van der Waals surface area contributed by atoms with Crippen molar-refractivity contribution < 1.29 is 20.1 Å². The van der Waals surface area contributed by atoms with Crippen LogP contribution in [-0.2, 0) is 4.79 Å². The van der Waals surface area contributed by atoms with Gasteiger partial charge in [0.05, 0.1) is 18.1 Å². The van der Waals surface area contributed by atoms with E-state index in [-0.39, 0.29) is 6.42 Å². The van der Waals surface area contributed by atoms with E-state index in [9.17, 15) is 20.1 Å². The van der Waals surface area contributed by atoms with E-state index < -0.39 is 24.1 Å². The smallest absolute Gasteiger partial charge is 0.309 e. The van der Waals surface area contributed by atoms with E-state index in [0.29, 0.717) is 12.8 Å². The van der Waals surface area contributed by atoms with Gasteiger partial charge in [-0.2, -0.15) is 0 Å². The summed E-state index contributed by atoms with van der Waals surface area (Å²) in [6.07, 6.45) is 15.0. The van der Waals surface area contributed by atoms with Crippen molar-refractivity contribution in [2.24, 2.45) is 5.92 Å². The lowest BCUT2D eigenvalue weighted by molar-refractivity contribution is -0.146. The molecule has 26 heavy (non-hydrogen) atoms. The average molecular weight is 373 g/mol. The molecular formula is C22H44O4. The lowest BCUT2D eigenvalue weighted by atomic mass is 9.90. The minimum atomic E-state index is -0.942. The number of carboxylic acid groups (broad SMARTS) is 1. The number of carbonyl (C=O) groups is 1. The second-order valence-corrected chi connectivity index (χ2v) is 7.87. The number of aliphatic hydroxyl groups excluding tert-OH is 2. The van der Waals surface area contributed by atoms with E-state index in [1.807, 2.05) is 0 Å². The molecule has 0 saturated carbocycles. The van der Waals surface area contributed by atoms with Crippen molar-refractivity contribution >= 4 is 5.97 Å². The van der Waals surface area contributed by atoms with Gasteiger partial charge in [0, 0.05) is 6.42 Å². The molecule has 0 aliphatic rings. The molecule has 0 unspecified atom stereocenters.